The molecule has 0 unspecified atom stereocenters. The third-order valence-electron chi connectivity index (χ3n) is 4.19. The fourth-order valence-corrected chi connectivity index (χ4v) is 3.69. The number of amides is 1. The van der Waals surface area contributed by atoms with Gasteiger partial charge in [-0.2, -0.15) is 0 Å². The van der Waals surface area contributed by atoms with Crippen LogP contribution in [0.25, 0.3) is 0 Å². The van der Waals surface area contributed by atoms with Gasteiger partial charge in [0.1, 0.15) is 0 Å². The second kappa shape index (κ2) is 7.28. The highest BCUT2D eigenvalue weighted by molar-refractivity contribution is 7.13. The molecule has 1 amide bonds. The van der Waals surface area contributed by atoms with Crippen LogP contribution < -0.4 is 4.90 Å². The van der Waals surface area contributed by atoms with E-state index >= 15 is 0 Å². The lowest BCUT2D eigenvalue weighted by Gasteiger charge is -2.33. The SMILES string of the molecule is CC(C)(C)c1csc(N2CCN(C(=O)C#Cc3ccccc3)CC2)n1. The molecule has 1 aromatic heterocycles. The lowest BCUT2D eigenvalue weighted by atomic mass is 9.93. The smallest absolute Gasteiger partial charge is 0.298 e. The fourth-order valence-electron chi connectivity index (χ4n) is 2.58. The zero-order valence-corrected chi connectivity index (χ0v) is 15.8. The summed E-state index contributed by atoms with van der Waals surface area (Å²) in [5, 5.41) is 3.19. The largest absolute Gasteiger partial charge is 0.345 e. The molecule has 0 bridgehead atoms. The van der Waals surface area contributed by atoms with E-state index in [0.29, 0.717) is 13.1 Å². The highest BCUT2D eigenvalue weighted by atomic mass is 32.1. The van der Waals surface area contributed by atoms with Gasteiger partial charge in [0, 0.05) is 48.5 Å². The molecule has 1 saturated heterocycles. The molecule has 0 saturated carbocycles. The van der Waals surface area contributed by atoms with Gasteiger partial charge in [0.25, 0.3) is 5.91 Å². The van der Waals surface area contributed by atoms with Crippen molar-refractivity contribution in [2.24, 2.45) is 0 Å². The number of benzene rings is 1. The predicted molar refractivity (Wildman–Crippen MR) is 103 cm³/mol. The molecule has 0 aliphatic carbocycles. The Morgan fingerprint density at radius 1 is 1.12 bits per heavy atom. The number of piperazine rings is 1. The number of hydrogen-bond acceptors (Lipinski definition) is 4. The Bertz CT molecular complexity index is 788. The van der Waals surface area contributed by atoms with Crippen LogP contribution in [0.15, 0.2) is 35.7 Å². The number of aromatic nitrogens is 1. The molecule has 4 nitrogen and oxygen atoms in total. The molecule has 5 heteroatoms. The van der Waals surface area contributed by atoms with Gasteiger partial charge in [-0.1, -0.05) is 44.9 Å². The van der Waals surface area contributed by atoms with Gasteiger partial charge in [0.05, 0.1) is 5.69 Å². The summed E-state index contributed by atoms with van der Waals surface area (Å²) in [6, 6.07) is 9.61. The van der Waals surface area contributed by atoms with Crippen LogP contribution in [0.5, 0.6) is 0 Å². The Labute approximate surface area is 153 Å². The van der Waals surface area contributed by atoms with Gasteiger partial charge in [-0.05, 0) is 12.1 Å². The van der Waals surface area contributed by atoms with Gasteiger partial charge in [-0.25, -0.2) is 4.98 Å². The molecule has 130 valence electrons. The van der Waals surface area contributed by atoms with Crippen LogP contribution in [-0.2, 0) is 10.2 Å². The molecular weight excluding hydrogens is 330 g/mol. The first-order chi connectivity index (χ1) is 11.9. The lowest BCUT2D eigenvalue weighted by molar-refractivity contribution is -0.125. The number of nitrogens with zero attached hydrogens (tertiary/aromatic N) is 3. The Hall–Kier alpha value is -2.32. The molecule has 1 fully saturated rings. The average molecular weight is 353 g/mol. The number of carbonyl (C=O) groups is 1. The van der Waals surface area contributed by atoms with E-state index in [1.807, 2.05) is 35.2 Å². The monoisotopic (exact) mass is 353 g/mol. The number of rotatable bonds is 1. The van der Waals surface area contributed by atoms with Crippen molar-refractivity contribution in [3.05, 3.63) is 47.0 Å². The summed E-state index contributed by atoms with van der Waals surface area (Å²) in [6.07, 6.45) is 0. The van der Waals surface area contributed by atoms with Crippen LogP contribution in [0, 0.1) is 11.8 Å². The first kappa shape index (κ1) is 17.5. The molecule has 25 heavy (non-hydrogen) atoms. The van der Waals surface area contributed by atoms with E-state index in [-0.39, 0.29) is 11.3 Å². The highest BCUT2D eigenvalue weighted by Crippen LogP contribution is 2.29. The number of hydrogen-bond donors (Lipinski definition) is 0. The van der Waals surface area contributed by atoms with E-state index in [2.05, 4.69) is 42.9 Å². The summed E-state index contributed by atoms with van der Waals surface area (Å²) in [7, 11) is 0. The van der Waals surface area contributed by atoms with Crippen LogP contribution in [0.2, 0.25) is 0 Å². The Balaban J connectivity index is 1.58. The minimum atomic E-state index is -0.0991. The maximum atomic E-state index is 12.3. The van der Waals surface area contributed by atoms with Gasteiger partial charge in [-0.15, -0.1) is 11.3 Å². The first-order valence-electron chi connectivity index (χ1n) is 8.50. The van der Waals surface area contributed by atoms with Gasteiger partial charge >= 0.3 is 0 Å². The summed E-state index contributed by atoms with van der Waals surface area (Å²) < 4.78 is 0. The Morgan fingerprint density at radius 2 is 1.80 bits per heavy atom. The molecule has 1 aromatic carbocycles. The van der Waals surface area contributed by atoms with Crippen molar-refractivity contribution in [1.29, 1.82) is 0 Å². The molecule has 3 rings (SSSR count). The minimum Gasteiger partial charge on any atom is -0.345 e. The van der Waals surface area contributed by atoms with Gasteiger partial charge in [-0.3, -0.25) is 4.79 Å². The van der Waals surface area contributed by atoms with Crippen LogP contribution >= 0.6 is 11.3 Å². The van der Waals surface area contributed by atoms with E-state index < -0.39 is 0 Å². The lowest BCUT2D eigenvalue weighted by Crippen LogP contribution is -2.48. The van der Waals surface area contributed by atoms with Crippen LogP contribution in [0.3, 0.4) is 0 Å². The van der Waals surface area contributed by atoms with E-state index in [1.165, 1.54) is 0 Å². The second-order valence-corrected chi connectivity index (χ2v) is 8.00. The summed E-state index contributed by atoms with van der Waals surface area (Å²) >= 11 is 1.68. The van der Waals surface area contributed by atoms with Gasteiger partial charge in [0.2, 0.25) is 0 Å². The van der Waals surface area contributed by atoms with Crippen LogP contribution in [0.4, 0.5) is 5.13 Å². The maximum Gasteiger partial charge on any atom is 0.298 e. The molecule has 2 heterocycles. The molecule has 1 aliphatic heterocycles. The molecule has 2 aromatic rings. The maximum absolute atomic E-state index is 12.3. The first-order valence-corrected chi connectivity index (χ1v) is 9.38. The van der Waals surface area contributed by atoms with E-state index in [9.17, 15) is 4.79 Å². The van der Waals surface area contributed by atoms with Crippen molar-refractivity contribution in [3.63, 3.8) is 0 Å². The average Bonchev–Trinajstić information content (AvgIpc) is 3.11. The van der Waals surface area contributed by atoms with Crippen molar-refractivity contribution < 1.29 is 4.79 Å². The Kier molecular flexibility index (Phi) is 5.10. The van der Waals surface area contributed by atoms with E-state index in [0.717, 1.165) is 29.5 Å². The van der Waals surface area contributed by atoms with Crippen molar-refractivity contribution in [1.82, 2.24) is 9.88 Å². The third-order valence-corrected chi connectivity index (χ3v) is 5.09. The topological polar surface area (TPSA) is 36.4 Å². The third kappa shape index (κ3) is 4.40. The molecule has 1 aliphatic rings. The quantitative estimate of drug-likeness (QED) is 0.739. The normalized spacial score (nSPS) is 14.8. The molecule has 0 spiro atoms. The number of thiazole rings is 1. The molecule has 0 radical (unpaired) electrons. The van der Waals surface area contributed by atoms with Crippen molar-refractivity contribution >= 4 is 22.4 Å². The van der Waals surface area contributed by atoms with Gasteiger partial charge in [0.15, 0.2) is 5.13 Å². The second-order valence-electron chi connectivity index (χ2n) is 7.16. The predicted octanol–water partition coefficient (Wildman–Crippen LogP) is 3.14. The van der Waals surface area contributed by atoms with Crippen LogP contribution in [0.1, 0.15) is 32.0 Å². The highest BCUT2D eigenvalue weighted by Gasteiger charge is 2.24. The summed E-state index contributed by atoms with van der Waals surface area (Å²) in [4.78, 5) is 21.1. The number of anilines is 1. The minimum absolute atomic E-state index is 0.0690. The van der Waals surface area contributed by atoms with Crippen LogP contribution in [-0.4, -0.2) is 42.0 Å². The molecular formula is C20H23N3OS. The van der Waals surface area contributed by atoms with Gasteiger partial charge < -0.3 is 9.80 Å². The van der Waals surface area contributed by atoms with E-state index in [4.69, 9.17) is 4.98 Å². The molecule has 0 atom stereocenters. The zero-order chi connectivity index (χ0) is 17.9. The zero-order valence-electron chi connectivity index (χ0n) is 15.0. The fraction of sp³-hybridized carbons (Fsp3) is 0.400. The summed E-state index contributed by atoms with van der Waals surface area (Å²) in [6.45, 7) is 9.50. The molecule has 0 N–H and O–H groups in total. The Morgan fingerprint density at radius 3 is 2.40 bits per heavy atom. The number of carbonyl (C=O) groups excluding carboxylic acids is 1. The summed E-state index contributed by atoms with van der Waals surface area (Å²) in [5.41, 5.74) is 2.06. The van der Waals surface area contributed by atoms with Crippen molar-refractivity contribution in [3.8, 4) is 11.8 Å². The summed E-state index contributed by atoms with van der Waals surface area (Å²) in [5.74, 6) is 5.59. The standard InChI is InChI=1S/C20H23N3OS/c1-20(2,3)17-15-25-19(21-17)23-13-11-22(12-14-23)18(24)10-9-16-7-5-4-6-8-16/h4-8,15H,11-14H2,1-3H3. The van der Waals surface area contributed by atoms with E-state index in [1.54, 1.807) is 11.3 Å². The van der Waals surface area contributed by atoms with Crippen molar-refractivity contribution in [2.45, 2.75) is 26.2 Å². The van der Waals surface area contributed by atoms with Crippen molar-refractivity contribution in [2.75, 3.05) is 31.1 Å².